The van der Waals surface area contributed by atoms with Gasteiger partial charge in [-0.05, 0) is 55.3 Å². The van der Waals surface area contributed by atoms with E-state index in [1.54, 1.807) is 30.3 Å². The van der Waals surface area contributed by atoms with Gasteiger partial charge in [-0.3, -0.25) is 19.3 Å². The normalized spacial score (nSPS) is 16.7. The molecule has 0 saturated heterocycles. The lowest BCUT2D eigenvalue weighted by Gasteiger charge is -2.29. The topological polar surface area (TPSA) is 75.7 Å². The number of benzene rings is 2. The van der Waals surface area contributed by atoms with Crippen LogP contribution in [0.3, 0.4) is 0 Å². The van der Waals surface area contributed by atoms with Crippen LogP contribution in [0.2, 0.25) is 0 Å². The summed E-state index contributed by atoms with van der Waals surface area (Å²) in [6.45, 7) is -0.153. The van der Waals surface area contributed by atoms with Crippen LogP contribution in [0.25, 0.3) is 0 Å². The molecule has 2 aromatic carbocycles. The fraction of sp³-hybridized carbons (Fsp3) is 0.318. The van der Waals surface area contributed by atoms with Gasteiger partial charge in [0.2, 0.25) is 0 Å². The van der Waals surface area contributed by atoms with Gasteiger partial charge in [0.05, 0.1) is 11.1 Å². The number of halogens is 1. The molecule has 1 N–H and O–H groups in total. The first-order valence-electron chi connectivity index (χ1n) is 9.73. The Bertz CT molecular complexity index is 952. The Labute approximate surface area is 177 Å². The minimum absolute atomic E-state index is 0.0199. The maximum atomic E-state index is 12.8. The van der Waals surface area contributed by atoms with Crippen LogP contribution in [-0.2, 0) is 4.79 Å². The first-order valence-corrected chi connectivity index (χ1v) is 10.5. The van der Waals surface area contributed by atoms with E-state index in [1.165, 1.54) is 4.90 Å². The van der Waals surface area contributed by atoms with E-state index in [4.69, 9.17) is 4.74 Å². The second kappa shape index (κ2) is 8.37. The number of carbonyl (C=O) groups is 3. The number of anilines is 1. The Hall–Kier alpha value is -2.67. The highest BCUT2D eigenvalue weighted by atomic mass is 79.9. The fourth-order valence-electron chi connectivity index (χ4n) is 3.88. The van der Waals surface area contributed by atoms with Gasteiger partial charge in [-0.15, -0.1) is 0 Å². The number of rotatable bonds is 5. The maximum Gasteiger partial charge on any atom is 0.262 e. The average molecular weight is 457 g/mol. The van der Waals surface area contributed by atoms with Crippen LogP contribution in [0.15, 0.2) is 46.9 Å². The highest BCUT2D eigenvalue weighted by Crippen LogP contribution is 2.32. The van der Waals surface area contributed by atoms with Crippen LogP contribution < -0.4 is 10.1 Å². The molecule has 29 heavy (non-hydrogen) atoms. The van der Waals surface area contributed by atoms with Gasteiger partial charge in [0.15, 0.2) is 6.61 Å². The molecular weight excluding hydrogens is 436 g/mol. The van der Waals surface area contributed by atoms with Crippen molar-refractivity contribution in [2.45, 2.75) is 38.1 Å². The molecule has 4 rings (SSSR count). The standard InChI is InChI=1S/C22H21BrN2O4/c23-14-6-9-17(10-7-14)29-13-20(26)24-15-8-11-18-19(12-15)22(28)25(21(18)27)16-4-2-1-3-5-16/h6-12,16H,1-5,13H2,(H,24,26). The van der Waals surface area contributed by atoms with E-state index in [0.29, 0.717) is 22.6 Å². The zero-order chi connectivity index (χ0) is 20.4. The molecule has 1 saturated carbocycles. The van der Waals surface area contributed by atoms with E-state index in [1.807, 2.05) is 12.1 Å². The lowest BCUT2D eigenvalue weighted by atomic mass is 9.94. The monoisotopic (exact) mass is 456 g/mol. The van der Waals surface area contributed by atoms with Crippen LogP contribution in [0.1, 0.15) is 52.8 Å². The Morgan fingerprint density at radius 3 is 2.41 bits per heavy atom. The van der Waals surface area contributed by atoms with Crippen molar-refractivity contribution < 1.29 is 19.1 Å². The molecule has 1 heterocycles. The van der Waals surface area contributed by atoms with Crippen molar-refractivity contribution in [2.75, 3.05) is 11.9 Å². The minimum Gasteiger partial charge on any atom is -0.484 e. The molecule has 1 aliphatic carbocycles. The quantitative estimate of drug-likeness (QED) is 0.676. The maximum absolute atomic E-state index is 12.8. The molecule has 0 spiro atoms. The Morgan fingerprint density at radius 1 is 1.00 bits per heavy atom. The Balaban J connectivity index is 1.41. The molecule has 0 bridgehead atoms. The van der Waals surface area contributed by atoms with E-state index in [0.717, 1.165) is 36.6 Å². The first kappa shape index (κ1) is 19.6. The van der Waals surface area contributed by atoms with Gasteiger partial charge in [-0.1, -0.05) is 35.2 Å². The van der Waals surface area contributed by atoms with Gasteiger partial charge < -0.3 is 10.1 Å². The van der Waals surface area contributed by atoms with Crippen molar-refractivity contribution in [3.05, 3.63) is 58.1 Å². The molecule has 2 aliphatic rings. The summed E-state index contributed by atoms with van der Waals surface area (Å²) in [5.41, 5.74) is 1.23. The third-order valence-corrected chi connectivity index (χ3v) is 5.85. The first-order chi connectivity index (χ1) is 14.0. The smallest absolute Gasteiger partial charge is 0.262 e. The molecule has 0 aromatic heterocycles. The molecule has 1 fully saturated rings. The molecule has 0 unspecified atom stereocenters. The van der Waals surface area contributed by atoms with E-state index in [-0.39, 0.29) is 30.4 Å². The summed E-state index contributed by atoms with van der Waals surface area (Å²) < 4.78 is 6.38. The van der Waals surface area contributed by atoms with Crippen molar-refractivity contribution in [2.24, 2.45) is 0 Å². The lowest BCUT2D eigenvalue weighted by Crippen LogP contribution is -2.40. The van der Waals surface area contributed by atoms with E-state index < -0.39 is 0 Å². The number of nitrogens with zero attached hydrogens (tertiary/aromatic N) is 1. The predicted octanol–water partition coefficient (Wildman–Crippen LogP) is 4.40. The average Bonchev–Trinajstić information content (AvgIpc) is 2.98. The summed E-state index contributed by atoms with van der Waals surface area (Å²) in [7, 11) is 0. The third kappa shape index (κ3) is 4.19. The van der Waals surface area contributed by atoms with E-state index in [2.05, 4.69) is 21.2 Å². The van der Waals surface area contributed by atoms with Gasteiger partial charge in [0.1, 0.15) is 5.75 Å². The summed E-state index contributed by atoms with van der Waals surface area (Å²) in [6.07, 6.45) is 4.96. The predicted molar refractivity (Wildman–Crippen MR) is 112 cm³/mol. The summed E-state index contributed by atoms with van der Waals surface area (Å²) >= 11 is 3.34. The van der Waals surface area contributed by atoms with E-state index >= 15 is 0 Å². The van der Waals surface area contributed by atoms with Crippen molar-refractivity contribution >= 4 is 39.3 Å². The van der Waals surface area contributed by atoms with Gasteiger partial charge in [-0.25, -0.2) is 0 Å². The molecule has 2 aromatic rings. The number of fused-ring (bicyclic) bond motifs is 1. The van der Waals surface area contributed by atoms with Crippen LogP contribution in [-0.4, -0.2) is 35.3 Å². The lowest BCUT2D eigenvalue weighted by molar-refractivity contribution is -0.118. The van der Waals surface area contributed by atoms with Crippen molar-refractivity contribution in [1.82, 2.24) is 4.90 Å². The Kier molecular flexibility index (Phi) is 5.67. The Morgan fingerprint density at radius 2 is 1.69 bits per heavy atom. The molecule has 150 valence electrons. The number of nitrogens with one attached hydrogen (secondary N) is 1. The van der Waals surface area contributed by atoms with Crippen molar-refractivity contribution in [1.29, 1.82) is 0 Å². The number of hydrogen-bond donors (Lipinski definition) is 1. The number of amides is 3. The van der Waals surface area contributed by atoms with E-state index in [9.17, 15) is 14.4 Å². The van der Waals surface area contributed by atoms with Gasteiger partial charge in [0.25, 0.3) is 17.7 Å². The SMILES string of the molecule is O=C(COc1ccc(Br)cc1)Nc1ccc2c(c1)C(=O)N(C1CCCCC1)C2=O. The molecule has 3 amide bonds. The fourth-order valence-corrected chi connectivity index (χ4v) is 4.15. The van der Waals surface area contributed by atoms with Crippen molar-refractivity contribution in [3.63, 3.8) is 0 Å². The summed E-state index contributed by atoms with van der Waals surface area (Å²) in [5.74, 6) is -0.248. The van der Waals surface area contributed by atoms with Crippen LogP contribution in [0, 0.1) is 0 Å². The summed E-state index contributed by atoms with van der Waals surface area (Å²) in [6, 6.07) is 12.0. The number of carbonyl (C=O) groups excluding carboxylic acids is 3. The van der Waals surface area contributed by atoms with Gasteiger partial charge in [-0.2, -0.15) is 0 Å². The molecule has 6 nitrogen and oxygen atoms in total. The molecule has 1 aliphatic heterocycles. The highest BCUT2D eigenvalue weighted by molar-refractivity contribution is 9.10. The largest absolute Gasteiger partial charge is 0.484 e. The van der Waals surface area contributed by atoms with Crippen LogP contribution in [0.5, 0.6) is 5.75 Å². The van der Waals surface area contributed by atoms with Crippen LogP contribution >= 0.6 is 15.9 Å². The zero-order valence-corrected chi connectivity index (χ0v) is 17.4. The second-order valence-corrected chi connectivity index (χ2v) is 8.24. The number of ether oxygens (including phenoxy) is 1. The highest BCUT2D eigenvalue weighted by Gasteiger charge is 2.40. The molecular formula is C22H21BrN2O4. The van der Waals surface area contributed by atoms with Gasteiger partial charge >= 0.3 is 0 Å². The van der Waals surface area contributed by atoms with Crippen LogP contribution in [0.4, 0.5) is 5.69 Å². The third-order valence-electron chi connectivity index (χ3n) is 5.33. The second-order valence-electron chi connectivity index (χ2n) is 7.32. The number of hydrogen-bond acceptors (Lipinski definition) is 4. The molecule has 0 atom stereocenters. The summed E-state index contributed by atoms with van der Waals surface area (Å²) in [5, 5.41) is 2.73. The van der Waals surface area contributed by atoms with Crippen molar-refractivity contribution in [3.8, 4) is 5.75 Å². The zero-order valence-electron chi connectivity index (χ0n) is 15.8. The molecule has 7 heteroatoms. The molecule has 0 radical (unpaired) electrons. The summed E-state index contributed by atoms with van der Waals surface area (Å²) in [4.78, 5) is 39.2. The number of imide groups is 1. The van der Waals surface area contributed by atoms with Gasteiger partial charge in [0, 0.05) is 16.2 Å². The minimum atomic E-state index is -0.339.